The Morgan fingerprint density at radius 1 is 1.28 bits per heavy atom. The lowest BCUT2D eigenvalue weighted by molar-refractivity contribution is 0.415. The number of fused-ring (bicyclic) bond motifs is 1. The molecule has 0 fully saturated rings. The average Bonchev–Trinajstić information content (AvgIpc) is 2.83. The van der Waals surface area contributed by atoms with Crippen LogP contribution in [-0.4, -0.2) is 21.9 Å². The van der Waals surface area contributed by atoms with Crippen LogP contribution in [0.1, 0.15) is 18.7 Å². The molecule has 0 bridgehead atoms. The fourth-order valence-corrected chi connectivity index (χ4v) is 2.36. The Labute approximate surface area is 106 Å². The number of rotatable bonds is 2. The molecular weight excluding hydrogens is 228 g/mol. The Morgan fingerprint density at radius 3 is 3.00 bits per heavy atom. The van der Waals surface area contributed by atoms with Gasteiger partial charge in [-0.15, -0.1) is 10.2 Å². The molecule has 5 heteroatoms. The Bertz CT molecular complexity index is 576. The van der Waals surface area contributed by atoms with Crippen LogP contribution in [0.25, 0.3) is 11.4 Å². The monoisotopic (exact) mass is 244 g/mol. The molecule has 0 spiro atoms. The van der Waals surface area contributed by atoms with E-state index in [-0.39, 0.29) is 0 Å². The van der Waals surface area contributed by atoms with E-state index in [2.05, 4.69) is 14.8 Å². The third-order valence-corrected chi connectivity index (χ3v) is 3.36. The lowest BCUT2D eigenvalue weighted by atomic mass is 10.1. The molecule has 2 N–H and O–H groups in total. The standard InChI is InChI=1S/C13H16N4O/c1-18-9-5-6-11(14)10(8-9)13-16-15-12-4-2-3-7-17(12)13/h5-6,8H,2-4,7,14H2,1H3. The smallest absolute Gasteiger partial charge is 0.166 e. The first-order valence-electron chi connectivity index (χ1n) is 6.15. The van der Waals surface area contributed by atoms with Crippen molar-refractivity contribution in [2.45, 2.75) is 25.8 Å². The van der Waals surface area contributed by atoms with Gasteiger partial charge < -0.3 is 15.0 Å². The van der Waals surface area contributed by atoms with Crippen molar-refractivity contribution in [3.63, 3.8) is 0 Å². The van der Waals surface area contributed by atoms with E-state index in [9.17, 15) is 0 Å². The summed E-state index contributed by atoms with van der Waals surface area (Å²) in [7, 11) is 1.65. The van der Waals surface area contributed by atoms with Crippen LogP contribution >= 0.6 is 0 Å². The molecule has 0 unspecified atom stereocenters. The van der Waals surface area contributed by atoms with Gasteiger partial charge in [-0.05, 0) is 31.0 Å². The van der Waals surface area contributed by atoms with E-state index in [0.717, 1.165) is 35.9 Å². The Balaban J connectivity index is 2.11. The molecule has 3 rings (SSSR count). The van der Waals surface area contributed by atoms with Crippen LogP contribution in [0.5, 0.6) is 5.75 Å². The largest absolute Gasteiger partial charge is 0.497 e. The quantitative estimate of drug-likeness (QED) is 0.819. The van der Waals surface area contributed by atoms with Gasteiger partial charge in [-0.25, -0.2) is 0 Å². The van der Waals surface area contributed by atoms with Crippen molar-refractivity contribution in [3.8, 4) is 17.1 Å². The Kier molecular flexibility index (Phi) is 2.66. The van der Waals surface area contributed by atoms with Crippen molar-refractivity contribution in [1.82, 2.24) is 14.8 Å². The molecule has 5 nitrogen and oxygen atoms in total. The molecule has 1 aliphatic heterocycles. The highest BCUT2D eigenvalue weighted by Gasteiger charge is 2.18. The third-order valence-electron chi connectivity index (χ3n) is 3.36. The highest BCUT2D eigenvalue weighted by Crippen LogP contribution is 2.30. The maximum absolute atomic E-state index is 6.03. The summed E-state index contributed by atoms with van der Waals surface area (Å²) in [5.41, 5.74) is 7.64. The van der Waals surface area contributed by atoms with E-state index in [1.807, 2.05) is 18.2 Å². The second-order valence-corrected chi connectivity index (χ2v) is 4.50. The predicted octanol–water partition coefficient (Wildman–Crippen LogP) is 1.87. The molecule has 0 saturated carbocycles. The number of hydrogen-bond donors (Lipinski definition) is 1. The van der Waals surface area contributed by atoms with E-state index in [1.165, 1.54) is 12.8 Å². The molecule has 1 aromatic heterocycles. The highest BCUT2D eigenvalue weighted by atomic mass is 16.5. The summed E-state index contributed by atoms with van der Waals surface area (Å²) in [6.45, 7) is 0.967. The van der Waals surface area contributed by atoms with E-state index in [0.29, 0.717) is 5.69 Å². The van der Waals surface area contributed by atoms with Gasteiger partial charge in [-0.1, -0.05) is 0 Å². The van der Waals surface area contributed by atoms with Gasteiger partial charge in [0, 0.05) is 24.2 Å². The fourth-order valence-electron chi connectivity index (χ4n) is 2.36. The molecule has 2 heterocycles. The zero-order valence-corrected chi connectivity index (χ0v) is 10.4. The molecule has 0 atom stereocenters. The normalized spacial score (nSPS) is 14.3. The maximum Gasteiger partial charge on any atom is 0.166 e. The number of benzene rings is 1. The number of nitrogen functional groups attached to an aromatic ring is 1. The average molecular weight is 244 g/mol. The van der Waals surface area contributed by atoms with Crippen molar-refractivity contribution in [2.75, 3.05) is 12.8 Å². The van der Waals surface area contributed by atoms with Crippen molar-refractivity contribution in [3.05, 3.63) is 24.0 Å². The second kappa shape index (κ2) is 4.33. The van der Waals surface area contributed by atoms with Crippen LogP contribution in [0.3, 0.4) is 0 Å². The van der Waals surface area contributed by atoms with Crippen LogP contribution in [0.15, 0.2) is 18.2 Å². The maximum atomic E-state index is 6.03. The van der Waals surface area contributed by atoms with Crippen molar-refractivity contribution < 1.29 is 4.74 Å². The van der Waals surface area contributed by atoms with Crippen molar-refractivity contribution in [1.29, 1.82) is 0 Å². The van der Waals surface area contributed by atoms with Gasteiger partial charge in [0.05, 0.1) is 7.11 Å². The molecule has 18 heavy (non-hydrogen) atoms. The summed E-state index contributed by atoms with van der Waals surface area (Å²) < 4.78 is 7.40. The van der Waals surface area contributed by atoms with Gasteiger partial charge in [0.15, 0.2) is 5.82 Å². The third kappa shape index (κ3) is 1.72. The molecule has 0 aliphatic carbocycles. The zero-order valence-electron chi connectivity index (χ0n) is 10.4. The summed E-state index contributed by atoms with van der Waals surface area (Å²) >= 11 is 0. The van der Waals surface area contributed by atoms with E-state index >= 15 is 0 Å². The molecule has 1 aliphatic rings. The van der Waals surface area contributed by atoms with Crippen LogP contribution in [0.2, 0.25) is 0 Å². The van der Waals surface area contributed by atoms with E-state index in [1.54, 1.807) is 7.11 Å². The lowest BCUT2D eigenvalue weighted by Gasteiger charge is -2.15. The van der Waals surface area contributed by atoms with Gasteiger partial charge in [-0.2, -0.15) is 0 Å². The number of aromatic nitrogens is 3. The number of anilines is 1. The number of nitrogens with two attached hydrogens (primary N) is 1. The molecule has 0 radical (unpaired) electrons. The fraction of sp³-hybridized carbons (Fsp3) is 0.385. The van der Waals surface area contributed by atoms with E-state index in [4.69, 9.17) is 10.5 Å². The summed E-state index contributed by atoms with van der Waals surface area (Å²) in [5.74, 6) is 2.69. The summed E-state index contributed by atoms with van der Waals surface area (Å²) in [4.78, 5) is 0. The second-order valence-electron chi connectivity index (χ2n) is 4.50. The molecule has 0 amide bonds. The van der Waals surface area contributed by atoms with Crippen molar-refractivity contribution in [2.24, 2.45) is 0 Å². The number of nitrogens with zero attached hydrogens (tertiary/aromatic N) is 3. The molecular formula is C13H16N4O. The first-order chi connectivity index (χ1) is 8.79. The topological polar surface area (TPSA) is 66.0 Å². The predicted molar refractivity (Wildman–Crippen MR) is 69.4 cm³/mol. The molecule has 0 saturated heterocycles. The van der Waals surface area contributed by atoms with Gasteiger partial charge in [0.1, 0.15) is 11.6 Å². The van der Waals surface area contributed by atoms with Gasteiger partial charge in [0.2, 0.25) is 0 Å². The van der Waals surface area contributed by atoms with Crippen LogP contribution in [-0.2, 0) is 13.0 Å². The van der Waals surface area contributed by atoms with Gasteiger partial charge in [0.25, 0.3) is 0 Å². The highest BCUT2D eigenvalue weighted by molar-refractivity contribution is 5.73. The summed E-state index contributed by atoms with van der Waals surface area (Å²) in [5, 5.41) is 8.53. The van der Waals surface area contributed by atoms with Crippen LogP contribution in [0.4, 0.5) is 5.69 Å². The van der Waals surface area contributed by atoms with Gasteiger partial charge in [-0.3, -0.25) is 0 Å². The van der Waals surface area contributed by atoms with Gasteiger partial charge >= 0.3 is 0 Å². The minimum Gasteiger partial charge on any atom is -0.497 e. The minimum atomic E-state index is 0.705. The molecule has 94 valence electrons. The molecule has 1 aromatic carbocycles. The first-order valence-corrected chi connectivity index (χ1v) is 6.15. The number of ether oxygens (including phenoxy) is 1. The first kappa shape index (κ1) is 11.1. The minimum absolute atomic E-state index is 0.705. The summed E-state index contributed by atoms with van der Waals surface area (Å²) in [6, 6.07) is 5.62. The lowest BCUT2D eigenvalue weighted by Crippen LogP contribution is -2.11. The number of hydrogen-bond acceptors (Lipinski definition) is 4. The van der Waals surface area contributed by atoms with Crippen molar-refractivity contribution >= 4 is 5.69 Å². The Morgan fingerprint density at radius 2 is 2.17 bits per heavy atom. The summed E-state index contributed by atoms with van der Waals surface area (Å²) in [6.07, 6.45) is 3.35. The number of aryl methyl sites for hydroxylation is 1. The zero-order chi connectivity index (χ0) is 12.5. The van der Waals surface area contributed by atoms with Crippen LogP contribution < -0.4 is 10.5 Å². The Hall–Kier alpha value is -2.04. The molecule has 2 aromatic rings. The number of methoxy groups -OCH3 is 1. The van der Waals surface area contributed by atoms with E-state index < -0.39 is 0 Å². The SMILES string of the molecule is COc1ccc(N)c(-c2nnc3n2CCCC3)c1. The van der Waals surface area contributed by atoms with Crippen LogP contribution in [0, 0.1) is 0 Å².